The second-order valence-electron chi connectivity index (χ2n) is 3.93. The van der Waals surface area contributed by atoms with E-state index in [4.69, 9.17) is 4.74 Å². The number of benzene rings is 1. The first-order valence-corrected chi connectivity index (χ1v) is 5.77. The van der Waals surface area contributed by atoms with Gasteiger partial charge in [0.05, 0.1) is 12.6 Å². The zero-order valence-corrected chi connectivity index (χ0v) is 10.5. The van der Waals surface area contributed by atoms with Gasteiger partial charge in [0.1, 0.15) is 5.69 Å². The van der Waals surface area contributed by atoms with Crippen LogP contribution in [0.15, 0.2) is 18.2 Å². The zero-order chi connectivity index (χ0) is 14.0. The lowest BCUT2D eigenvalue weighted by molar-refractivity contribution is 0.146. The summed E-state index contributed by atoms with van der Waals surface area (Å²) >= 11 is 0. The molecular weight excluding hydrogens is 257 g/mol. The van der Waals surface area contributed by atoms with Crippen LogP contribution in [0.4, 0.5) is 18.9 Å². The Morgan fingerprint density at radius 3 is 2.63 bits per heavy atom. The summed E-state index contributed by atoms with van der Waals surface area (Å²) in [6.07, 6.45) is -2.70. The number of rotatable bonds is 4. The Morgan fingerprint density at radius 1 is 1.32 bits per heavy atom. The fourth-order valence-corrected chi connectivity index (χ4v) is 1.85. The molecule has 1 N–H and O–H groups in total. The van der Waals surface area contributed by atoms with Crippen LogP contribution in [0.5, 0.6) is 5.75 Å². The van der Waals surface area contributed by atoms with Crippen LogP contribution in [0.3, 0.4) is 0 Å². The van der Waals surface area contributed by atoms with Crippen molar-refractivity contribution in [2.75, 3.05) is 19.0 Å². The molecule has 0 aliphatic carbocycles. The second-order valence-corrected chi connectivity index (χ2v) is 3.93. The molecule has 0 bridgehead atoms. The summed E-state index contributed by atoms with van der Waals surface area (Å²) in [7, 11) is 1.35. The van der Waals surface area contributed by atoms with E-state index in [2.05, 4.69) is 10.3 Å². The number of pyridine rings is 1. The number of methoxy groups -OCH3 is 1. The van der Waals surface area contributed by atoms with Crippen molar-refractivity contribution >= 4 is 16.6 Å². The summed E-state index contributed by atoms with van der Waals surface area (Å²) in [5.41, 5.74) is 0.279. The summed E-state index contributed by atoms with van der Waals surface area (Å²) in [6, 6.07) is 3.82. The number of nitrogens with zero attached hydrogens (tertiary/aromatic N) is 1. The van der Waals surface area contributed by atoms with Crippen molar-refractivity contribution in [3.8, 4) is 5.75 Å². The van der Waals surface area contributed by atoms with Crippen molar-refractivity contribution in [2.24, 2.45) is 0 Å². The lowest BCUT2D eigenvalue weighted by atomic mass is 10.1. The molecular formula is C13H13F3N2O. The van der Waals surface area contributed by atoms with Gasteiger partial charge < -0.3 is 10.1 Å². The van der Waals surface area contributed by atoms with Crippen LogP contribution in [0.1, 0.15) is 19.0 Å². The van der Waals surface area contributed by atoms with E-state index in [1.807, 2.05) is 6.92 Å². The molecule has 0 fully saturated rings. The van der Waals surface area contributed by atoms with E-state index >= 15 is 0 Å². The molecule has 1 heterocycles. The summed E-state index contributed by atoms with van der Waals surface area (Å²) < 4.78 is 44.0. The summed E-state index contributed by atoms with van der Waals surface area (Å²) in [6.45, 7) is 2.40. The summed E-state index contributed by atoms with van der Waals surface area (Å²) in [5.74, 6) is -0.574. The number of alkyl halides is 2. The quantitative estimate of drug-likeness (QED) is 0.918. The predicted octanol–water partition coefficient (Wildman–Crippen LogP) is 3.75. The Labute approximate surface area is 108 Å². The highest BCUT2D eigenvalue weighted by Gasteiger charge is 2.15. The highest BCUT2D eigenvalue weighted by molar-refractivity contribution is 5.92. The van der Waals surface area contributed by atoms with Gasteiger partial charge in [-0.1, -0.05) is 0 Å². The minimum absolute atomic E-state index is 0.0539. The van der Waals surface area contributed by atoms with E-state index < -0.39 is 12.2 Å². The topological polar surface area (TPSA) is 34.2 Å². The SMILES string of the molecule is CCNc1cc(C(F)F)nc2cc(F)c(OC)cc12. The molecule has 0 radical (unpaired) electrons. The largest absolute Gasteiger partial charge is 0.494 e. The van der Waals surface area contributed by atoms with Gasteiger partial charge in [-0.25, -0.2) is 18.2 Å². The van der Waals surface area contributed by atoms with Crippen LogP contribution in [-0.2, 0) is 0 Å². The number of hydrogen-bond donors (Lipinski definition) is 1. The standard InChI is InChI=1S/C13H13F3N2O/c1-3-17-9-6-11(13(15)16)18-10-5-8(14)12(19-2)4-7(9)10/h4-6,13H,3H2,1-2H3,(H,17,18). The Hall–Kier alpha value is -1.98. The van der Waals surface area contributed by atoms with Crippen LogP contribution < -0.4 is 10.1 Å². The van der Waals surface area contributed by atoms with Gasteiger partial charge in [0.15, 0.2) is 11.6 Å². The Morgan fingerprint density at radius 2 is 2.05 bits per heavy atom. The number of nitrogens with one attached hydrogen (secondary N) is 1. The average Bonchev–Trinajstić information content (AvgIpc) is 2.37. The Balaban J connectivity index is 2.71. The van der Waals surface area contributed by atoms with E-state index in [-0.39, 0.29) is 17.0 Å². The summed E-state index contributed by atoms with van der Waals surface area (Å²) in [4.78, 5) is 3.77. The van der Waals surface area contributed by atoms with Crippen molar-refractivity contribution in [3.05, 3.63) is 29.7 Å². The zero-order valence-electron chi connectivity index (χ0n) is 10.5. The van der Waals surface area contributed by atoms with Gasteiger partial charge in [-0.3, -0.25) is 0 Å². The number of anilines is 1. The highest BCUT2D eigenvalue weighted by atomic mass is 19.3. The number of fused-ring (bicyclic) bond motifs is 1. The van der Waals surface area contributed by atoms with Crippen LogP contribution in [0, 0.1) is 5.82 Å². The van der Waals surface area contributed by atoms with E-state index in [1.165, 1.54) is 19.2 Å². The first kappa shape index (κ1) is 13.5. The van der Waals surface area contributed by atoms with Crippen LogP contribution >= 0.6 is 0 Å². The molecule has 102 valence electrons. The molecule has 1 aromatic carbocycles. The van der Waals surface area contributed by atoms with Gasteiger partial charge in [-0.15, -0.1) is 0 Å². The van der Waals surface area contributed by atoms with E-state index in [9.17, 15) is 13.2 Å². The molecule has 0 spiro atoms. The van der Waals surface area contributed by atoms with Crippen LogP contribution in [0.2, 0.25) is 0 Å². The summed E-state index contributed by atoms with van der Waals surface area (Å²) in [5, 5.41) is 3.51. The van der Waals surface area contributed by atoms with E-state index in [1.54, 1.807) is 0 Å². The van der Waals surface area contributed by atoms with Gasteiger partial charge in [-0.05, 0) is 19.1 Å². The lowest BCUT2D eigenvalue weighted by Gasteiger charge is -2.12. The molecule has 0 aliphatic heterocycles. The molecule has 2 aromatic rings. The van der Waals surface area contributed by atoms with E-state index in [0.717, 1.165) is 6.07 Å². The van der Waals surface area contributed by atoms with Crippen LogP contribution in [-0.4, -0.2) is 18.6 Å². The van der Waals surface area contributed by atoms with Gasteiger partial charge in [0.25, 0.3) is 6.43 Å². The fraction of sp³-hybridized carbons (Fsp3) is 0.308. The van der Waals surface area contributed by atoms with Gasteiger partial charge in [0.2, 0.25) is 0 Å². The maximum Gasteiger partial charge on any atom is 0.280 e. The Kier molecular flexibility index (Phi) is 3.78. The second kappa shape index (κ2) is 5.34. The molecule has 0 saturated carbocycles. The average molecular weight is 270 g/mol. The molecule has 0 saturated heterocycles. The third-order valence-electron chi connectivity index (χ3n) is 2.69. The van der Waals surface area contributed by atoms with Crippen molar-refractivity contribution in [1.82, 2.24) is 4.98 Å². The molecule has 0 aliphatic rings. The number of ether oxygens (including phenoxy) is 1. The van der Waals surface area contributed by atoms with Crippen molar-refractivity contribution < 1.29 is 17.9 Å². The van der Waals surface area contributed by atoms with E-state index in [0.29, 0.717) is 17.6 Å². The molecule has 1 aromatic heterocycles. The van der Waals surface area contributed by atoms with Gasteiger partial charge in [-0.2, -0.15) is 0 Å². The van der Waals surface area contributed by atoms with Crippen molar-refractivity contribution in [2.45, 2.75) is 13.3 Å². The Bertz CT molecular complexity index is 602. The van der Waals surface area contributed by atoms with Gasteiger partial charge in [0, 0.05) is 23.7 Å². The number of halogens is 3. The smallest absolute Gasteiger partial charge is 0.280 e. The third kappa shape index (κ3) is 2.57. The predicted molar refractivity (Wildman–Crippen MR) is 67.4 cm³/mol. The lowest BCUT2D eigenvalue weighted by Crippen LogP contribution is -2.02. The van der Waals surface area contributed by atoms with Crippen LogP contribution in [0.25, 0.3) is 10.9 Å². The first-order chi connectivity index (χ1) is 9.06. The monoisotopic (exact) mass is 270 g/mol. The van der Waals surface area contributed by atoms with Gasteiger partial charge >= 0.3 is 0 Å². The molecule has 0 amide bonds. The van der Waals surface area contributed by atoms with Crippen molar-refractivity contribution in [1.29, 1.82) is 0 Å². The molecule has 0 unspecified atom stereocenters. The maximum atomic E-state index is 13.6. The molecule has 6 heteroatoms. The minimum atomic E-state index is -2.70. The number of aromatic nitrogens is 1. The maximum absolute atomic E-state index is 13.6. The molecule has 2 rings (SSSR count). The molecule has 0 atom stereocenters. The highest BCUT2D eigenvalue weighted by Crippen LogP contribution is 2.31. The number of hydrogen-bond acceptors (Lipinski definition) is 3. The molecule has 19 heavy (non-hydrogen) atoms. The molecule has 3 nitrogen and oxygen atoms in total. The van der Waals surface area contributed by atoms with Crippen molar-refractivity contribution in [3.63, 3.8) is 0 Å². The third-order valence-corrected chi connectivity index (χ3v) is 2.69. The fourth-order valence-electron chi connectivity index (χ4n) is 1.85. The minimum Gasteiger partial charge on any atom is -0.494 e. The first-order valence-electron chi connectivity index (χ1n) is 5.77. The normalized spacial score (nSPS) is 11.1.